The summed E-state index contributed by atoms with van der Waals surface area (Å²) in [6, 6.07) is 0. The van der Waals surface area contributed by atoms with Gasteiger partial charge in [0.2, 0.25) is 6.29 Å². The molecule has 0 aliphatic heterocycles. The van der Waals surface area contributed by atoms with Crippen LogP contribution in [0.25, 0.3) is 0 Å². The Bertz CT molecular complexity index is 182. The van der Waals surface area contributed by atoms with Gasteiger partial charge in [0.15, 0.2) is 0 Å². The minimum absolute atomic E-state index is 0.298. The summed E-state index contributed by atoms with van der Waals surface area (Å²) in [5, 5.41) is 9.18. The van der Waals surface area contributed by atoms with Crippen LogP contribution >= 0.6 is 21.6 Å². The molecule has 0 aliphatic carbocycles. The Kier molecular flexibility index (Phi) is 7.22. The summed E-state index contributed by atoms with van der Waals surface area (Å²) >= 11 is 0. The summed E-state index contributed by atoms with van der Waals surface area (Å²) < 4.78 is 4.64. The molecule has 0 bridgehead atoms. The molecule has 0 rings (SSSR count). The van der Waals surface area contributed by atoms with E-state index in [1.54, 1.807) is 17.7 Å². The Morgan fingerprint density at radius 3 is 2.69 bits per heavy atom. The number of aliphatic hydroxyl groups excluding tert-OH is 1. The first-order valence-electron chi connectivity index (χ1n) is 3.87. The Hall–Kier alpha value is -0.130. The summed E-state index contributed by atoms with van der Waals surface area (Å²) in [7, 11) is 3.09. The van der Waals surface area contributed by atoms with Gasteiger partial charge in [0.25, 0.3) is 0 Å². The van der Waals surface area contributed by atoms with Crippen molar-refractivity contribution in [1.82, 2.24) is 0 Å². The van der Waals surface area contributed by atoms with Crippen LogP contribution in [0.3, 0.4) is 0 Å². The fraction of sp³-hybridized carbons (Fsp3) is 0.625. The van der Waals surface area contributed by atoms with Crippen molar-refractivity contribution in [1.29, 1.82) is 0 Å². The Balaban J connectivity index is 3.55. The van der Waals surface area contributed by atoms with Gasteiger partial charge in [-0.1, -0.05) is 35.1 Å². The van der Waals surface area contributed by atoms with Crippen molar-refractivity contribution in [3.05, 3.63) is 12.2 Å². The van der Waals surface area contributed by atoms with Crippen molar-refractivity contribution in [3.8, 4) is 0 Å². The van der Waals surface area contributed by atoms with E-state index in [1.165, 1.54) is 10.8 Å². The molecule has 0 saturated heterocycles. The number of carbonyl (C=O) groups is 1. The molecule has 0 heterocycles. The highest BCUT2D eigenvalue weighted by atomic mass is 33.1. The lowest BCUT2D eigenvalue weighted by atomic mass is 10.4. The maximum Gasteiger partial charge on any atom is 0.335 e. The van der Waals surface area contributed by atoms with Crippen molar-refractivity contribution in [2.24, 2.45) is 0 Å². The van der Waals surface area contributed by atoms with Crippen molar-refractivity contribution in [2.75, 3.05) is 11.5 Å². The highest BCUT2D eigenvalue weighted by molar-refractivity contribution is 8.76. The fourth-order valence-electron chi connectivity index (χ4n) is 0.448. The van der Waals surface area contributed by atoms with Crippen molar-refractivity contribution < 1.29 is 14.6 Å². The monoisotopic (exact) mass is 222 g/mol. The second-order valence-corrected chi connectivity index (χ2v) is 5.13. The van der Waals surface area contributed by atoms with Crippen LogP contribution in [0.4, 0.5) is 0 Å². The molecule has 0 aliphatic rings. The quantitative estimate of drug-likeness (QED) is 0.244. The van der Waals surface area contributed by atoms with Gasteiger partial charge < -0.3 is 9.84 Å². The van der Waals surface area contributed by atoms with Crippen molar-refractivity contribution >= 4 is 27.6 Å². The van der Waals surface area contributed by atoms with Gasteiger partial charge in [-0.05, 0) is 6.92 Å². The largest absolute Gasteiger partial charge is 0.432 e. The lowest BCUT2D eigenvalue weighted by molar-refractivity contribution is -0.158. The topological polar surface area (TPSA) is 46.5 Å². The SMILES string of the molecule is C=C(C)C(=O)OC(O)CSSCC. The second kappa shape index (κ2) is 7.29. The van der Waals surface area contributed by atoms with Gasteiger partial charge in [-0.2, -0.15) is 0 Å². The Morgan fingerprint density at radius 2 is 2.23 bits per heavy atom. The molecule has 0 aromatic heterocycles. The van der Waals surface area contributed by atoms with Gasteiger partial charge >= 0.3 is 5.97 Å². The number of esters is 1. The third-order valence-electron chi connectivity index (χ3n) is 1.00. The van der Waals surface area contributed by atoms with E-state index >= 15 is 0 Å². The van der Waals surface area contributed by atoms with E-state index in [0.717, 1.165) is 5.75 Å². The van der Waals surface area contributed by atoms with Crippen LogP contribution in [0.2, 0.25) is 0 Å². The smallest absolute Gasteiger partial charge is 0.335 e. The summed E-state index contributed by atoms with van der Waals surface area (Å²) in [5.74, 6) is 0.804. The van der Waals surface area contributed by atoms with E-state index in [1.807, 2.05) is 6.92 Å². The second-order valence-electron chi connectivity index (χ2n) is 2.33. The normalized spacial score (nSPS) is 12.2. The number of rotatable bonds is 6. The van der Waals surface area contributed by atoms with E-state index in [4.69, 9.17) is 0 Å². The van der Waals surface area contributed by atoms with Crippen LogP contribution in [0.1, 0.15) is 13.8 Å². The van der Waals surface area contributed by atoms with Crippen LogP contribution in [0.15, 0.2) is 12.2 Å². The highest BCUT2D eigenvalue weighted by Crippen LogP contribution is 2.21. The first-order valence-corrected chi connectivity index (χ1v) is 6.35. The van der Waals surface area contributed by atoms with Crippen LogP contribution in [0, 0.1) is 0 Å². The third kappa shape index (κ3) is 6.98. The first kappa shape index (κ1) is 12.9. The van der Waals surface area contributed by atoms with Gasteiger partial charge in [0.1, 0.15) is 0 Å². The Morgan fingerprint density at radius 1 is 1.62 bits per heavy atom. The molecule has 13 heavy (non-hydrogen) atoms. The lowest BCUT2D eigenvalue weighted by Gasteiger charge is -2.10. The summed E-state index contributed by atoms with van der Waals surface area (Å²) in [6.45, 7) is 6.97. The van der Waals surface area contributed by atoms with E-state index in [0.29, 0.717) is 11.3 Å². The lowest BCUT2D eigenvalue weighted by Crippen LogP contribution is -2.19. The molecule has 0 saturated carbocycles. The van der Waals surface area contributed by atoms with Crippen LogP contribution in [-0.2, 0) is 9.53 Å². The van der Waals surface area contributed by atoms with Crippen LogP contribution < -0.4 is 0 Å². The van der Waals surface area contributed by atoms with E-state index in [-0.39, 0.29) is 0 Å². The number of carbonyl (C=O) groups excluding carboxylic acids is 1. The fourth-order valence-corrected chi connectivity index (χ4v) is 2.03. The molecule has 0 spiro atoms. The minimum atomic E-state index is -1.03. The van der Waals surface area contributed by atoms with E-state index in [9.17, 15) is 9.90 Å². The molecule has 0 aromatic rings. The van der Waals surface area contributed by atoms with Gasteiger partial charge in [0, 0.05) is 11.3 Å². The van der Waals surface area contributed by atoms with Crippen LogP contribution in [0.5, 0.6) is 0 Å². The molecular formula is C8H14O3S2. The average Bonchev–Trinajstić information content (AvgIpc) is 2.04. The van der Waals surface area contributed by atoms with Gasteiger partial charge in [-0.25, -0.2) is 4.79 Å². The molecule has 3 nitrogen and oxygen atoms in total. The molecule has 0 radical (unpaired) electrons. The standard InChI is InChI=1S/C8H14O3S2/c1-4-12-13-5-7(9)11-8(10)6(2)3/h7,9H,2,4-5H2,1,3H3. The molecule has 1 N–H and O–H groups in total. The number of hydrogen-bond acceptors (Lipinski definition) is 5. The maximum absolute atomic E-state index is 10.9. The predicted octanol–water partition coefficient (Wildman–Crippen LogP) is 1.83. The zero-order valence-corrected chi connectivity index (χ0v) is 9.41. The Labute approximate surface area is 86.3 Å². The number of hydrogen-bond donors (Lipinski definition) is 1. The molecule has 0 fully saturated rings. The minimum Gasteiger partial charge on any atom is -0.432 e. The molecular weight excluding hydrogens is 208 g/mol. The molecule has 1 atom stereocenters. The van der Waals surface area contributed by atoms with Gasteiger partial charge in [0.05, 0.1) is 5.75 Å². The molecule has 76 valence electrons. The third-order valence-corrected chi connectivity index (χ3v) is 3.44. The molecule has 0 aromatic carbocycles. The number of ether oxygens (including phenoxy) is 1. The highest BCUT2D eigenvalue weighted by Gasteiger charge is 2.11. The summed E-state index contributed by atoms with van der Waals surface area (Å²) in [4.78, 5) is 10.9. The molecule has 1 unspecified atom stereocenters. The molecule has 0 amide bonds. The summed E-state index contributed by atoms with van der Waals surface area (Å²) in [5.41, 5.74) is 0.298. The molecule has 5 heteroatoms. The van der Waals surface area contributed by atoms with E-state index in [2.05, 4.69) is 11.3 Å². The van der Waals surface area contributed by atoms with Crippen LogP contribution in [-0.4, -0.2) is 28.9 Å². The van der Waals surface area contributed by atoms with Gasteiger partial charge in [-0.15, -0.1) is 0 Å². The zero-order chi connectivity index (χ0) is 10.3. The van der Waals surface area contributed by atoms with Crippen molar-refractivity contribution in [2.45, 2.75) is 20.1 Å². The zero-order valence-electron chi connectivity index (χ0n) is 7.78. The van der Waals surface area contributed by atoms with Crippen molar-refractivity contribution in [3.63, 3.8) is 0 Å². The van der Waals surface area contributed by atoms with Gasteiger partial charge in [-0.3, -0.25) is 0 Å². The maximum atomic E-state index is 10.9. The number of aliphatic hydroxyl groups is 1. The average molecular weight is 222 g/mol. The van der Waals surface area contributed by atoms with E-state index < -0.39 is 12.3 Å². The first-order chi connectivity index (χ1) is 6.07. The predicted molar refractivity (Wildman–Crippen MR) is 57.5 cm³/mol. The summed E-state index contributed by atoms with van der Waals surface area (Å²) in [6.07, 6.45) is -1.03.